The topological polar surface area (TPSA) is 66.5 Å². The molecule has 6 heteroatoms. The summed E-state index contributed by atoms with van der Waals surface area (Å²) in [6.07, 6.45) is 2.97. The minimum absolute atomic E-state index is 0.113. The number of hydrogen-bond acceptors (Lipinski definition) is 3. The largest absolute Gasteiger partial charge is 0.312 e. The number of nitrogens with one attached hydrogen (secondary N) is 1. The van der Waals surface area contributed by atoms with E-state index in [1.807, 2.05) is 37.3 Å². The maximum atomic E-state index is 12.2. The number of carbonyl (C=O) groups is 1. The van der Waals surface area contributed by atoms with Crippen molar-refractivity contribution in [1.29, 1.82) is 0 Å². The SMILES string of the molecule is Cc1cc(NS(=O)(=O)/C=C/c2ccccc2)ccc1N1CCCC1=O. The summed E-state index contributed by atoms with van der Waals surface area (Å²) in [6.45, 7) is 2.59. The summed E-state index contributed by atoms with van der Waals surface area (Å²) in [4.78, 5) is 13.6. The molecule has 0 atom stereocenters. The van der Waals surface area contributed by atoms with Crippen molar-refractivity contribution in [3.05, 3.63) is 65.1 Å². The second-order valence-electron chi connectivity index (χ2n) is 6.01. The lowest BCUT2D eigenvalue weighted by Gasteiger charge is -2.19. The van der Waals surface area contributed by atoms with Gasteiger partial charge in [-0.25, -0.2) is 8.42 Å². The maximum Gasteiger partial charge on any atom is 0.255 e. The highest BCUT2D eigenvalue weighted by molar-refractivity contribution is 7.95. The maximum absolute atomic E-state index is 12.2. The van der Waals surface area contributed by atoms with Gasteiger partial charge >= 0.3 is 0 Å². The highest BCUT2D eigenvalue weighted by atomic mass is 32.2. The van der Waals surface area contributed by atoms with E-state index in [-0.39, 0.29) is 5.91 Å². The normalized spacial score (nSPS) is 15.1. The average molecular weight is 356 g/mol. The van der Waals surface area contributed by atoms with E-state index < -0.39 is 10.0 Å². The third kappa shape index (κ3) is 4.28. The number of sulfonamides is 1. The summed E-state index contributed by atoms with van der Waals surface area (Å²) in [5.41, 5.74) is 2.99. The van der Waals surface area contributed by atoms with E-state index in [0.717, 1.165) is 28.6 Å². The first-order valence-electron chi connectivity index (χ1n) is 8.12. The van der Waals surface area contributed by atoms with Crippen LogP contribution in [0.2, 0.25) is 0 Å². The number of aryl methyl sites for hydroxylation is 1. The van der Waals surface area contributed by atoms with E-state index in [2.05, 4.69) is 4.72 Å². The minimum atomic E-state index is -3.60. The van der Waals surface area contributed by atoms with Gasteiger partial charge in [-0.1, -0.05) is 30.3 Å². The van der Waals surface area contributed by atoms with Gasteiger partial charge < -0.3 is 4.90 Å². The van der Waals surface area contributed by atoms with E-state index in [1.54, 1.807) is 29.2 Å². The molecular weight excluding hydrogens is 336 g/mol. The summed E-state index contributed by atoms with van der Waals surface area (Å²) in [6, 6.07) is 14.5. The first-order chi connectivity index (χ1) is 11.9. The molecule has 1 amide bonds. The smallest absolute Gasteiger partial charge is 0.255 e. The van der Waals surface area contributed by atoms with E-state index >= 15 is 0 Å². The zero-order valence-corrected chi connectivity index (χ0v) is 14.8. The Bertz CT molecular complexity index is 906. The van der Waals surface area contributed by atoms with Gasteiger partial charge in [0.15, 0.2) is 0 Å². The fraction of sp³-hybridized carbons (Fsp3) is 0.211. The van der Waals surface area contributed by atoms with Gasteiger partial charge in [0.2, 0.25) is 5.91 Å². The van der Waals surface area contributed by atoms with Gasteiger partial charge in [-0.2, -0.15) is 0 Å². The van der Waals surface area contributed by atoms with Crippen LogP contribution < -0.4 is 9.62 Å². The van der Waals surface area contributed by atoms with Crippen LogP contribution in [0.25, 0.3) is 6.08 Å². The number of hydrogen-bond donors (Lipinski definition) is 1. The van der Waals surface area contributed by atoms with Crippen LogP contribution in [0.15, 0.2) is 53.9 Å². The van der Waals surface area contributed by atoms with Crippen LogP contribution >= 0.6 is 0 Å². The second kappa shape index (κ2) is 7.11. The number of rotatable bonds is 5. The molecule has 5 nitrogen and oxygen atoms in total. The Kier molecular flexibility index (Phi) is 4.90. The Hall–Kier alpha value is -2.60. The molecule has 1 aliphatic rings. The predicted octanol–water partition coefficient (Wildman–Crippen LogP) is 3.53. The number of anilines is 2. The van der Waals surface area contributed by atoms with Crippen LogP contribution in [-0.2, 0) is 14.8 Å². The van der Waals surface area contributed by atoms with Crippen molar-refractivity contribution in [2.45, 2.75) is 19.8 Å². The minimum Gasteiger partial charge on any atom is -0.312 e. The molecule has 3 rings (SSSR count). The molecule has 0 saturated carbocycles. The van der Waals surface area contributed by atoms with Gasteiger partial charge in [-0.3, -0.25) is 9.52 Å². The molecule has 1 N–H and O–H groups in total. The van der Waals surface area contributed by atoms with Crippen molar-refractivity contribution in [3.8, 4) is 0 Å². The summed E-state index contributed by atoms with van der Waals surface area (Å²) in [7, 11) is -3.60. The summed E-state index contributed by atoms with van der Waals surface area (Å²) in [5, 5.41) is 1.15. The van der Waals surface area contributed by atoms with Crippen LogP contribution in [-0.4, -0.2) is 20.9 Å². The predicted molar refractivity (Wildman–Crippen MR) is 101 cm³/mol. The van der Waals surface area contributed by atoms with E-state index in [4.69, 9.17) is 0 Å². The third-order valence-electron chi connectivity index (χ3n) is 4.06. The molecule has 25 heavy (non-hydrogen) atoms. The first kappa shape index (κ1) is 17.2. The molecule has 0 bridgehead atoms. The molecule has 130 valence electrons. The molecule has 0 aromatic heterocycles. The van der Waals surface area contributed by atoms with Crippen LogP contribution in [0.5, 0.6) is 0 Å². The number of carbonyl (C=O) groups excluding carboxylic acids is 1. The molecular formula is C19H20N2O3S. The van der Waals surface area contributed by atoms with Crippen LogP contribution in [0.3, 0.4) is 0 Å². The van der Waals surface area contributed by atoms with E-state index in [1.165, 1.54) is 0 Å². The first-order valence-corrected chi connectivity index (χ1v) is 9.66. The Labute approximate surface area is 148 Å². The molecule has 0 radical (unpaired) electrons. The fourth-order valence-electron chi connectivity index (χ4n) is 2.86. The van der Waals surface area contributed by atoms with Gasteiger partial charge in [0, 0.05) is 24.3 Å². The molecule has 0 spiro atoms. The average Bonchev–Trinajstić information content (AvgIpc) is 3.00. The molecule has 2 aromatic rings. The summed E-state index contributed by atoms with van der Waals surface area (Å²) >= 11 is 0. The molecule has 1 heterocycles. The van der Waals surface area contributed by atoms with Crippen LogP contribution in [0.4, 0.5) is 11.4 Å². The lowest BCUT2D eigenvalue weighted by atomic mass is 10.1. The van der Waals surface area contributed by atoms with Crippen molar-refractivity contribution in [1.82, 2.24) is 0 Å². The highest BCUT2D eigenvalue weighted by Crippen LogP contribution is 2.27. The van der Waals surface area contributed by atoms with Crippen molar-refractivity contribution in [2.75, 3.05) is 16.2 Å². The number of nitrogens with zero attached hydrogens (tertiary/aromatic N) is 1. The van der Waals surface area contributed by atoms with Crippen molar-refractivity contribution in [2.24, 2.45) is 0 Å². The summed E-state index contributed by atoms with van der Waals surface area (Å²) in [5.74, 6) is 0.113. The fourth-order valence-corrected chi connectivity index (χ4v) is 3.72. The number of amides is 1. The Morgan fingerprint density at radius 1 is 1.12 bits per heavy atom. The van der Waals surface area contributed by atoms with E-state index in [0.29, 0.717) is 18.7 Å². The lowest BCUT2D eigenvalue weighted by molar-refractivity contribution is -0.117. The number of benzene rings is 2. The Balaban J connectivity index is 1.75. The molecule has 2 aromatic carbocycles. The zero-order valence-electron chi connectivity index (χ0n) is 14.0. The highest BCUT2D eigenvalue weighted by Gasteiger charge is 2.23. The third-order valence-corrected chi connectivity index (χ3v) is 5.07. The van der Waals surface area contributed by atoms with Gasteiger partial charge in [0.1, 0.15) is 0 Å². The van der Waals surface area contributed by atoms with Gasteiger partial charge in [0.05, 0.1) is 5.41 Å². The molecule has 0 aliphatic carbocycles. The van der Waals surface area contributed by atoms with Crippen molar-refractivity contribution >= 4 is 33.4 Å². The van der Waals surface area contributed by atoms with Gasteiger partial charge in [-0.15, -0.1) is 0 Å². The quantitative estimate of drug-likeness (QED) is 0.891. The Morgan fingerprint density at radius 2 is 1.88 bits per heavy atom. The molecule has 0 unspecified atom stereocenters. The van der Waals surface area contributed by atoms with Crippen molar-refractivity contribution < 1.29 is 13.2 Å². The van der Waals surface area contributed by atoms with Gasteiger partial charge in [-0.05, 0) is 48.7 Å². The molecule has 1 saturated heterocycles. The van der Waals surface area contributed by atoms with Crippen LogP contribution in [0.1, 0.15) is 24.0 Å². The molecule has 1 fully saturated rings. The van der Waals surface area contributed by atoms with Crippen molar-refractivity contribution in [3.63, 3.8) is 0 Å². The van der Waals surface area contributed by atoms with Gasteiger partial charge in [0.25, 0.3) is 10.0 Å². The standard InChI is InChI=1S/C19H20N2O3S/c1-15-14-17(9-10-18(15)21-12-5-8-19(21)22)20-25(23,24)13-11-16-6-3-2-4-7-16/h2-4,6-7,9-11,13-14,20H,5,8,12H2,1H3/b13-11+. The Morgan fingerprint density at radius 3 is 2.52 bits per heavy atom. The molecule has 1 aliphatic heterocycles. The summed E-state index contributed by atoms with van der Waals surface area (Å²) < 4.78 is 27.0. The monoisotopic (exact) mass is 356 g/mol. The lowest BCUT2D eigenvalue weighted by Crippen LogP contribution is -2.24. The van der Waals surface area contributed by atoms with E-state index in [9.17, 15) is 13.2 Å². The second-order valence-corrected chi connectivity index (χ2v) is 7.58. The van der Waals surface area contributed by atoms with Crippen LogP contribution in [0, 0.1) is 6.92 Å². The zero-order chi connectivity index (χ0) is 17.9.